The number of cyclic esters (lactones) is 1. The number of phenols is 1. The number of rotatable bonds is 14. The van der Waals surface area contributed by atoms with Gasteiger partial charge in [-0.25, -0.2) is 9.78 Å². The monoisotopic (exact) mass is 590 g/mol. The van der Waals surface area contributed by atoms with E-state index in [1.54, 1.807) is 44.2 Å². The second-order valence-electron chi connectivity index (χ2n) is 10.7. The Morgan fingerprint density at radius 2 is 1.93 bits per heavy atom. The number of ether oxygens (including phenoxy) is 2. The molecule has 0 spiro atoms. The van der Waals surface area contributed by atoms with Crippen LogP contribution in [0.15, 0.2) is 77.7 Å². The van der Waals surface area contributed by atoms with Gasteiger partial charge in [-0.05, 0) is 45.1 Å². The lowest BCUT2D eigenvalue weighted by molar-refractivity contribution is -0.124. The van der Waals surface area contributed by atoms with Crippen LogP contribution in [0.3, 0.4) is 0 Å². The quantitative estimate of drug-likeness (QED) is 0.0686. The summed E-state index contributed by atoms with van der Waals surface area (Å²) in [6, 6.07) is 3.33. The molecule has 9 heteroatoms. The number of fused-ring (bicyclic) bond motifs is 1. The molecule has 2 N–H and O–H groups in total. The molecule has 0 fully saturated rings. The molecule has 1 aliphatic rings. The largest absolute Gasteiger partial charge is 0.507 e. The minimum atomic E-state index is -1.06. The van der Waals surface area contributed by atoms with E-state index in [0.717, 1.165) is 18.4 Å². The van der Waals surface area contributed by atoms with Crippen LogP contribution in [0.1, 0.15) is 72.3 Å². The topological polar surface area (TPSA) is 122 Å². The summed E-state index contributed by atoms with van der Waals surface area (Å²) in [7, 11) is 3.29. The molecule has 3 atom stereocenters. The molecule has 9 nitrogen and oxygen atoms in total. The third-order valence-electron chi connectivity index (χ3n) is 7.25. The van der Waals surface area contributed by atoms with Crippen LogP contribution in [-0.4, -0.2) is 58.8 Å². The molecule has 3 rings (SSSR count). The highest BCUT2D eigenvalue weighted by Gasteiger charge is 2.39. The first kappa shape index (κ1) is 33.1. The maximum atomic E-state index is 12.6. The smallest absolute Gasteiger partial charge is 0.342 e. The van der Waals surface area contributed by atoms with E-state index >= 15 is 0 Å². The van der Waals surface area contributed by atoms with Crippen LogP contribution in [0.2, 0.25) is 0 Å². The number of phenolic OH excluding ortho intramolecular Hbond substituents is 1. The van der Waals surface area contributed by atoms with Gasteiger partial charge in [-0.1, -0.05) is 62.1 Å². The fourth-order valence-corrected chi connectivity index (χ4v) is 4.56. The van der Waals surface area contributed by atoms with Crippen molar-refractivity contribution in [1.29, 1.82) is 0 Å². The standard InChI is InChI=1S/C34H42N2O7/c1-22-16-17-27-29(30(22)38)34(40)43-32(31(27)39)24(3)19-26-21-42-33(35-26)23(2)15-13-11-9-7-8-10-12-14-18-36(5)28(37)20-25(4)41-6/h7,9,11-14,16-17,20-21,24,31-32,38-39H,2,8,10,15,18-19H2,1,3-6H3/b9-7-,13-11-,14-12+,25-20+/t24-,31+,32-/m1/s1. The number of aliphatic hydroxyl groups is 1. The zero-order valence-corrected chi connectivity index (χ0v) is 25.6. The van der Waals surface area contributed by atoms with E-state index in [2.05, 4.69) is 23.7 Å². The first-order valence-corrected chi connectivity index (χ1v) is 14.3. The van der Waals surface area contributed by atoms with Gasteiger partial charge in [0.15, 0.2) is 0 Å². The van der Waals surface area contributed by atoms with E-state index in [9.17, 15) is 19.8 Å². The number of likely N-dealkylation sites (N-methyl/N-ethyl adjacent to an activating group) is 1. The van der Waals surface area contributed by atoms with Crippen molar-refractivity contribution in [3.05, 3.63) is 102 Å². The zero-order chi connectivity index (χ0) is 31.5. The maximum absolute atomic E-state index is 12.6. The molecule has 43 heavy (non-hydrogen) atoms. The molecule has 2 heterocycles. The number of aromatic hydroxyl groups is 1. The second kappa shape index (κ2) is 15.7. The van der Waals surface area contributed by atoms with Gasteiger partial charge in [-0.2, -0.15) is 0 Å². The van der Waals surface area contributed by atoms with Gasteiger partial charge in [0.25, 0.3) is 0 Å². The molecule has 1 amide bonds. The van der Waals surface area contributed by atoms with Crippen molar-refractivity contribution in [2.45, 2.75) is 58.7 Å². The Balaban J connectivity index is 1.41. The van der Waals surface area contributed by atoms with Gasteiger partial charge in [0, 0.05) is 36.7 Å². The Bertz CT molecular complexity index is 1420. The number of aryl methyl sites for hydroxylation is 1. The Labute approximate surface area is 253 Å². The third kappa shape index (κ3) is 9.06. The molecule has 1 aromatic carbocycles. The van der Waals surface area contributed by atoms with E-state index in [-0.39, 0.29) is 23.1 Å². The molecule has 0 bridgehead atoms. The SMILES string of the molecule is C=C(C/C=C\C=C/CC/C=C/CN(C)C(=O)/C=C(\C)OC)c1nc(C[C@@H](C)[C@H]2OC(=O)c3c(ccc(C)c3O)[C@@H]2O)co1. The van der Waals surface area contributed by atoms with Crippen molar-refractivity contribution in [3.63, 3.8) is 0 Å². The van der Waals surface area contributed by atoms with Crippen molar-refractivity contribution in [1.82, 2.24) is 9.88 Å². The summed E-state index contributed by atoms with van der Waals surface area (Å²) in [6.07, 6.45) is 15.9. The minimum absolute atomic E-state index is 0.0237. The Morgan fingerprint density at radius 3 is 2.67 bits per heavy atom. The number of methoxy groups -OCH3 is 1. The third-order valence-corrected chi connectivity index (χ3v) is 7.25. The number of unbranched alkanes of at least 4 members (excludes halogenated alkanes) is 1. The Morgan fingerprint density at radius 1 is 1.21 bits per heavy atom. The molecule has 1 aromatic heterocycles. The highest BCUT2D eigenvalue weighted by Crippen LogP contribution is 2.39. The van der Waals surface area contributed by atoms with Gasteiger partial charge in [-0.3, -0.25) is 4.79 Å². The average molecular weight is 591 g/mol. The fraction of sp³-hybridized carbons (Fsp3) is 0.382. The van der Waals surface area contributed by atoms with Gasteiger partial charge in [0.05, 0.1) is 18.6 Å². The first-order valence-electron chi connectivity index (χ1n) is 14.3. The summed E-state index contributed by atoms with van der Waals surface area (Å²) in [4.78, 5) is 30.7. The fourth-order valence-electron chi connectivity index (χ4n) is 4.56. The van der Waals surface area contributed by atoms with Gasteiger partial charge >= 0.3 is 5.97 Å². The van der Waals surface area contributed by atoms with Crippen LogP contribution in [0, 0.1) is 12.8 Å². The molecule has 0 saturated carbocycles. The van der Waals surface area contributed by atoms with Crippen LogP contribution >= 0.6 is 0 Å². The van der Waals surface area contributed by atoms with Gasteiger partial charge in [-0.15, -0.1) is 0 Å². The molecule has 0 unspecified atom stereocenters. The number of carbonyl (C=O) groups is 2. The molecule has 230 valence electrons. The maximum Gasteiger partial charge on any atom is 0.342 e. The summed E-state index contributed by atoms with van der Waals surface area (Å²) in [6.45, 7) is 9.91. The normalized spacial score (nSPS) is 17.8. The molecule has 2 aromatic rings. The van der Waals surface area contributed by atoms with Crippen LogP contribution in [-0.2, 0) is 20.7 Å². The molecular weight excluding hydrogens is 548 g/mol. The lowest BCUT2D eigenvalue weighted by atomic mass is 9.86. The number of esters is 1. The number of oxazole rings is 1. The van der Waals surface area contributed by atoms with E-state index in [1.165, 1.54) is 13.2 Å². The highest BCUT2D eigenvalue weighted by atomic mass is 16.6. The van der Waals surface area contributed by atoms with Crippen LogP contribution in [0.5, 0.6) is 5.75 Å². The van der Waals surface area contributed by atoms with Gasteiger partial charge < -0.3 is 29.0 Å². The number of hydrogen-bond acceptors (Lipinski definition) is 8. The van der Waals surface area contributed by atoms with Crippen molar-refractivity contribution >= 4 is 17.4 Å². The molecule has 0 aliphatic carbocycles. The zero-order valence-electron chi connectivity index (χ0n) is 25.6. The molecule has 1 aliphatic heterocycles. The average Bonchev–Trinajstić information content (AvgIpc) is 3.45. The number of aromatic nitrogens is 1. The number of nitrogens with zero attached hydrogens (tertiary/aromatic N) is 2. The van der Waals surface area contributed by atoms with Crippen LogP contribution < -0.4 is 0 Å². The van der Waals surface area contributed by atoms with Crippen molar-refractivity contribution in [2.24, 2.45) is 5.92 Å². The van der Waals surface area contributed by atoms with Gasteiger partial charge in [0.1, 0.15) is 29.8 Å². The van der Waals surface area contributed by atoms with Crippen molar-refractivity contribution in [2.75, 3.05) is 20.7 Å². The van der Waals surface area contributed by atoms with E-state index in [4.69, 9.17) is 13.9 Å². The Kier molecular flexibility index (Phi) is 12.1. The number of carbonyl (C=O) groups excluding carboxylic acids is 2. The molecular formula is C34H42N2O7. The number of benzene rings is 1. The predicted molar refractivity (Wildman–Crippen MR) is 165 cm³/mol. The molecule has 0 radical (unpaired) electrons. The van der Waals surface area contributed by atoms with Gasteiger partial charge in [0.2, 0.25) is 11.8 Å². The van der Waals surface area contributed by atoms with E-state index in [1.807, 2.05) is 31.2 Å². The predicted octanol–water partition coefficient (Wildman–Crippen LogP) is 6.00. The van der Waals surface area contributed by atoms with E-state index < -0.39 is 18.2 Å². The summed E-state index contributed by atoms with van der Waals surface area (Å²) in [5, 5.41) is 21.2. The van der Waals surface area contributed by atoms with Crippen LogP contribution in [0.25, 0.3) is 5.57 Å². The summed E-state index contributed by atoms with van der Waals surface area (Å²) < 4.78 is 16.2. The number of hydrogen-bond donors (Lipinski definition) is 2. The lowest BCUT2D eigenvalue weighted by Gasteiger charge is -2.33. The lowest BCUT2D eigenvalue weighted by Crippen LogP contribution is -2.37. The second-order valence-corrected chi connectivity index (χ2v) is 10.7. The highest BCUT2D eigenvalue weighted by molar-refractivity contribution is 5.96. The van der Waals surface area contributed by atoms with Crippen LogP contribution in [0.4, 0.5) is 0 Å². The number of amides is 1. The summed E-state index contributed by atoms with van der Waals surface area (Å²) >= 11 is 0. The van der Waals surface area contributed by atoms with Crippen molar-refractivity contribution < 1.29 is 33.7 Å². The summed E-state index contributed by atoms with van der Waals surface area (Å²) in [5.41, 5.74) is 2.32. The number of aliphatic hydroxyl groups excluding tert-OH is 1. The first-order chi connectivity index (χ1) is 20.5. The van der Waals surface area contributed by atoms with E-state index in [0.29, 0.717) is 47.9 Å². The summed E-state index contributed by atoms with van der Waals surface area (Å²) in [5.74, 6) is -0.147. The number of allylic oxidation sites excluding steroid dienone is 7. The Hall–Kier alpha value is -4.37. The minimum Gasteiger partial charge on any atom is -0.507 e. The van der Waals surface area contributed by atoms with Crippen molar-refractivity contribution in [3.8, 4) is 5.75 Å². The molecule has 0 saturated heterocycles.